The van der Waals surface area contributed by atoms with Crippen LogP contribution in [0.1, 0.15) is 5.56 Å². The number of fused-ring (bicyclic) bond motifs is 1. The number of ether oxygens (including phenoxy) is 4. The van der Waals surface area contributed by atoms with Crippen LogP contribution >= 0.6 is 0 Å². The van der Waals surface area contributed by atoms with Gasteiger partial charge in [-0.1, -0.05) is 6.07 Å². The van der Waals surface area contributed by atoms with Crippen molar-refractivity contribution in [1.29, 1.82) is 0 Å². The van der Waals surface area contributed by atoms with Gasteiger partial charge < -0.3 is 24.1 Å². The highest BCUT2D eigenvalue weighted by molar-refractivity contribution is 5.95. The first-order chi connectivity index (χ1) is 13.2. The molecule has 1 aliphatic heterocycles. The van der Waals surface area contributed by atoms with Crippen molar-refractivity contribution < 1.29 is 42.0 Å². The molecule has 148 valence electrons. The van der Waals surface area contributed by atoms with Gasteiger partial charge in [0, 0.05) is 11.6 Å². The van der Waals surface area contributed by atoms with Gasteiger partial charge in [0.25, 0.3) is 0 Å². The van der Waals surface area contributed by atoms with Gasteiger partial charge >= 0.3 is 12.1 Å². The van der Waals surface area contributed by atoms with Crippen molar-refractivity contribution in [2.45, 2.75) is 12.3 Å². The molecule has 6 nitrogen and oxygen atoms in total. The van der Waals surface area contributed by atoms with Crippen LogP contribution in [0.3, 0.4) is 0 Å². The molecule has 28 heavy (non-hydrogen) atoms. The van der Waals surface area contributed by atoms with E-state index in [2.05, 4.69) is 0 Å². The highest BCUT2D eigenvalue weighted by Gasteiger charge is 2.48. The van der Waals surface area contributed by atoms with Crippen LogP contribution in [0.5, 0.6) is 28.7 Å². The van der Waals surface area contributed by atoms with Gasteiger partial charge in [0.1, 0.15) is 11.5 Å². The Labute approximate surface area is 157 Å². The number of para-hydroxylation sites is 1. The smallest absolute Gasteiger partial charge is 0.430 e. The van der Waals surface area contributed by atoms with Crippen molar-refractivity contribution in [1.82, 2.24) is 0 Å². The summed E-state index contributed by atoms with van der Waals surface area (Å²) in [6.07, 6.45) is -6.51. The molecular weight excluding hydrogens is 381 g/mol. The zero-order valence-corrected chi connectivity index (χ0v) is 14.7. The standard InChI is InChI=1S/C19H15F3O6/c1-25-13-4-3-5-14(16(13)26-2)27-11-7-6-10-8-12(18(23)24)17(19(20,21)22)28-15(10)9-11/h3-9,17H,1-2H3,(H,23,24). The molecule has 0 aromatic heterocycles. The van der Waals surface area contributed by atoms with Crippen molar-refractivity contribution in [3.63, 3.8) is 0 Å². The summed E-state index contributed by atoms with van der Waals surface area (Å²) in [6.45, 7) is 0. The number of hydrogen-bond acceptors (Lipinski definition) is 5. The Bertz CT molecular complexity index is 936. The van der Waals surface area contributed by atoms with Crippen LogP contribution in [-0.2, 0) is 4.79 Å². The van der Waals surface area contributed by atoms with Crippen molar-refractivity contribution >= 4 is 12.0 Å². The highest BCUT2D eigenvalue weighted by atomic mass is 19.4. The first kappa shape index (κ1) is 19.4. The summed E-state index contributed by atoms with van der Waals surface area (Å²) in [5.74, 6) is -0.656. The fourth-order valence-corrected chi connectivity index (χ4v) is 2.72. The molecule has 1 unspecified atom stereocenters. The van der Waals surface area contributed by atoms with Gasteiger partial charge in [-0.2, -0.15) is 13.2 Å². The third kappa shape index (κ3) is 3.68. The number of alkyl halides is 3. The Morgan fingerprint density at radius 2 is 1.82 bits per heavy atom. The van der Waals surface area contributed by atoms with Crippen LogP contribution < -0.4 is 18.9 Å². The van der Waals surface area contributed by atoms with Gasteiger partial charge in [-0.25, -0.2) is 4.79 Å². The number of carbonyl (C=O) groups is 1. The predicted molar refractivity (Wildman–Crippen MR) is 92.1 cm³/mol. The van der Waals surface area contributed by atoms with Crippen molar-refractivity contribution in [2.24, 2.45) is 0 Å². The maximum absolute atomic E-state index is 13.2. The number of carboxylic acids is 1. The van der Waals surface area contributed by atoms with Crippen LogP contribution in [0.4, 0.5) is 13.2 Å². The number of aliphatic carboxylic acids is 1. The van der Waals surface area contributed by atoms with Crippen LogP contribution in [-0.4, -0.2) is 37.6 Å². The maximum atomic E-state index is 13.2. The van der Waals surface area contributed by atoms with E-state index in [-0.39, 0.29) is 22.8 Å². The maximum Gasteiger partial charge on any atom is 0.430 e. The molecule has 1 atom stereocenters. The number of halogens is 3. The molecular formula is C19H15F3O6. The first-order valence-electron chi connectivity index (χ1n) is 7.95. The normalized spacial score (nSPS) is 15.8. The Balaban J connectivity index is 1.97. The highest BCUT2D eigenvalue weighted by Crippen LogP contribution is 2.42. The summed E-state index contributed by atoms with van der Waals surface area (Å²) in [5.41, 5.74) is -0.689. The van der Waals surface area contributed by atoms with Crippen molar-refractivity contribution in [3.05, 3.63) is 47.5 Å². The number of rotatable bonds is 5. The fraction of sp³-hybridized carbons (Fsp3) is 0.211. The lowest BCUT2D eigenvalue weighted by Gasteiger charge is -2.27. The lowest BCUT2D eigenvalue weighted by Crippen LogP contribution is -2.40. The lowest BCUT2D eigenvalue weighted by molar-refractivity contribution is -0.187. The topological polar surface area (TPSA) is 74.2 Å². The number of hydrogen-bond donors (Lipinski definition) is 1. The molecule has 0 saturated heterocycles. The average molecular weight is 396 g/mol. The average Bonchev–Trinajstić information content (AvgIpc) is 2.65. The Morgan fingerprint density at radius 3 is 2.43 bits per heavy atom. The minimum absolute atomic E-state index is 0.147. The number of benzene rings is 2. The molecule has 0 spiro atoms. The van der Waals surface area contributed by atoms with Gasteiger partial charge in [0.15, 0.2) is 11.5 Å². The zero-order chi connectivity index (χ0) is 20.5. The van der Waals surface area contributed by atoms with Gasteiger partial charge in [-0.05, 0) is 30.3 Å². The molecule has 0 aliphatic carbocycles. The monoisotopic (exact) mass is 396 g/mol. The molecule has 0 bridgehead atoms. The molecule has 0 fully saturated rings. The number of methoxy groups -OCH3 is 2. The van der Waals surface area contributed by atoms with Crippen molar-refractivity contribution in [3.8, 4) is 28.7 Å². The quantitative estimate of drug-likeness (QED) is 0.813. The van der Waals surface area contributed by atoms with Gasteiger partial charge in [-0.15, -0.1) is 0 Å². The third-order valence-corrected chi connectivity index (χ3v) is 3.96. The van der Waals surface area contributed by atoms with E-state index in [4.69, 9.17) is 24.1 Å². The minimum atomic E-state index is -4.88. The molecule has 9 heteroatoms. The molecule has 1 heterocycles. The largest absolute Gasteiger partial charge is 0.493 e. The van der Waals surface area contributed by atoms with Crippen LogP contribution in [0.25, 0.3) is 6.08 Å². The second kappa shape index (κ2) is 7.34. The summed E-state index contributed by atoms with van der Waals surface area (Å²) in [4.78, 5) is 11.2. The van der Waals surface area contributed by atoms with Crippen LogP contribution in [0, 0.1) is 0 Å². The molecule has 0 saturated carbocycles. The molecule has 1 aliphatic rings. The third-order valence-electron chi connectivity index (χ3n) is 3.96. The lowest BCUT2D eigenvalue weighted by atomic mass is 10.0. The van der Waals surface area contributed by atoms with Crippen LogP contribution in [0.15, 0.2) is 42.0 Å². The molecule has 2 aromatic carbocycles. The molecule has 0 radical (unpaired) electrons. The van der Waals surface area contributed by atoms with Gasteiger partial charge in [-0.3, -0.25) is 0 Å². The summed E-state index contributed by atoms with van der Waals surface area (Å²) in [5, 5.41) is 9.06. The van der Waals surface area contributed by atoms with E-state index in [9.17, 15) is 18.0 Å². The Kier molecular flexibility index (Phi) is 5.08. The molecule has 0 amide bonds. The second-order valence-electron chi connectivity index (χ2n) is 5.74. The number of carboxylic acid groups (broad SMARTS) is 1. The summed E-state index contributed by atoms with van der Waals surface area (Å²) in [6, 6.07) is 9.06. The van der Waals surface area contributed by atoms with Gasteiger partial charge in [0.05, 0.1) is 19.8 Å². The predicted octanol–water partition coefficient (Wildman–Crippen LogP) is 4.29. The van der Waals surface area contributed by atoms with Crippen molar-refractivity contribution in [2.75, 3.05) is 14.2 Å². The van der Waals surface area contributed by atoms with E-state index < -0.39 is 23.8 Å². The minimum Gasteiger partial charge on any atom is -0.493 e. The molecule has 2 aromatic rings. The van der Waals surface area contributed by atoms with E-state index in [1.165, 1.54) is 32.4 Å². The molecule has 3 rings (SSSR count). The zero-order valence-electron chi connectivity index (χ0n) is 14.7. The first-order valence-corrected chi connectivity index (χ1v) is 7.95. The SMILES string of the molecule is COc1cccc(Oc2ccc3c(c2)OC(C(F)(F)F)C(C(=O)O)=C3)c1OC. The van der Waals surface area contributed by atoms with Gasteiger partial charge in [0.2, 0.25) is 11.9 Å². The van der Waals surface area contributed by atoms with Crippen LogP contribution in [0.2, 0.25) is 0 Å². The summed E-state index contributed by atoms with van der Waals surface area (Å²) >= 11 is 0. The Hall–Kier alpha value is -3.36. The summed E-state index contributed by atoms with van der Waals surface area (Å²) < 4.78 is 60.6. The molecule has 1 N–H and O–H groups in total. The van der Waals surface area contributed by atoms with E-state index in [0.717, 1.165) is 6.08 Å². The van der Waals surface area contributed by atoms with E-state index in [1.807, 2.05) is 0 Å². The second-order valence-corrected chi connectivity index (χ2v) is 5.74. The van der Waals surface area contributed by atoms with E-state index >= 15 is 0 Å². The fourth-order valence-electron chi connectivity index (χ4n) is 2.72. The van der Waals surface area contributed by atoms with E-state index in [1.54, 1.807) is 18.2 Å². The summed E-state index contributed by atoms with van der Waals surface area (Å²) in [7, 11) is 2.88. The Morgan fingerprint density at radius 1 is 1.11 bits per heavy atom. The van der Waals surface area contributed by atoms with E-state index in [0.29, 0.717) is 11.5 Å².